The molecule has 0 aliphatic carbocycles. The molecule has 12 heavy (non-hydrogen) atoms. The van der Waals surface area contributed by atoms with Gasteiger partial charge in [-0.3, -0.25) is 0 Å². The Hall–Kier alpha value is 0.890. The van der Waals surface area contributed by atoms with E-state index >= 15 is 0 Å². The van der Waals surface area contributed by atoms with Crippen molar-refractivity contribution in [2.45, 2.75) is 0 Å². The van der Waals surface area contributed by atoms with Gasteiger partial charge < -0.3 is 4.89 Å². The molecule has 3 nitrogen and oxygen atoms in total. The Morgan fingerprint density at radius 3 is 2.08 bits per heavy atom. The van der Waals surface area contributed by atoms with E-state index < -0.39 is 7.94 Å². The molecule has 1 saturated heterocycles. The van der Waals surface area contributed by atoms with Crippen LogP contribution in [0.5, 0.6) is 0 Å². The molecule has 0 bridgehead atoms. The second kappa shape index (κ2) is 3.95. The largest absolute Gasteiger partial charge is 0.632 e. The van der Waals surface area contributed by atoms with E-state index in [2.05, 4.69) is 0 Å². The van der Waals surface area contributed by atoms with Crippen LogP contribution in [0.2, 0.25) is 0 Å². The molecule has 0 aromatic heterocycles. The molecule has 0 N–H and O–H groups in total. The Morgan fingerprint density at radius 2 is 1.75 bits per heavy atom. The normalized spacial score (nSPS) is 27.0. The molecule has 1 fully saturated rings. The third-order valence-electron chi connectivity index (χ3n) is 1.78. The van der Waals surface area contributed by atoms with Crippen molar-refractivity contribution in [2.24, 2.45) is 5.41 Å². The SMILES string of the molecule is C[P+]1([O-])OCC(CCl)(CCl)CO1. The van der Waals surface area contributed by atoms with Gasteiger partial charge in [0.05, 0.1) is 12.1 Å². The predicted molar refractivity (Wildman–Crippen MR) is 48.6 cm³/mol. The predicted octanol–water partition coefficient (Wildman–Crippen LogP) is 1.25. The lowest BCUT2D eigenvalue weighted by atomic mass is 9.96. The molecule has 0 aromatic carbocycles. The topological polar surface area (TPSA) is 41.5 Å². The lowest BCUT2D eigenvalue weighted by Gasteiger charge is -2.37. The van der Waals surface area contributed by atoms with Gasteiger partial charge in [-0.1, -0.05) is 0 Å². The number of alkyl halides is 2. The van der Waals surface area contributed by atoms with Crippen LogP contribution in [0.4, 0.5) is 0 Å². The van der Waals surface area contributed by atoms with Gasteiger partial charge in [-0.2, -0.15) is 0 Å². The second-order valence-electron chi connectivity index (χ2n) is 3.09. The van der Waals surface area contributed by atoms with Crippen LogP contribution in [-0.2, 0) is 9.05 Å². The van der Waals surface area contributed by atoms with Gasteiger partial charge in [0.1, 0.15) is 13.2 Å². The zero-order valence-corrected chi connectivity index (χ0v) is 9.16. The van der Waals surface area contributed by atoms with Crippen molar-refractivity contribution < 1.29 is 13.9 Å². The smallest absolute Gasteiger partial charge is 0.234 e. The third-order valence-corrected chi connectivity index (χ3v) is 4.11. The standard InChI is InChI=1S/C6H11Cl2O3P/c1-12(9)10-4-6(2-7,3-8)5-11-12/h2-5H2,1H3. The average molecular weight is 233 g/mol. The summed E-state index contributed by atoms with van der Waals surface area (Å²) in [5.74, 6) is 0.715. The summed E-state index contributed by atoms with van der Waals surface area (Å²) in [5, 5.41) is 0. The summed E-state index contributed by atoms with van der Waals surface area (Å²) < 4.78 is 10.1. The first kappa shape index (κ1) is 11.0. The third kappa shape index (κ3) is 2.44. The lowest BCUT2D eigenvalue weighted by Crippen LogP contribution is -2.41. The Balaban J connectivity index is 2.53. The van der Waals surface area contributed by atoms with E-state index in [4.69, 9.17) is 32.2 Å². The van der Waals surface area contributed by atoms with E-state index in [9.17, 15) is 4.89 Å². The van der Waals surface area contributed by atoms with Crippen molar-refractivity contribution in [1.82, 2.24) is 0 Å². The lowest BCUT2D eigenvalue weighted by molar-refractivity contribution is -0.230. The maximum Gasteiger partial charge on any atom is 0.234 e. The van der Waals surface area contributed by atoms with Crippen LogP contribution in [0.15, 0.2) is 0 Å². The molecular formula is C6H11Cl2O3P. The Bertz CT molecular complexity index is 149. The molecule has 6 heteroatoms. The fourth-order valence-electron chi connectivity index (χ4n) is 0.777. The monoisotopic (exact) mass is 232 g/mol. The first-order valence-corrected chi connectivity index (χ1v) is 6.58. The van der Waals surface area contributed by atoms with Gasteiger partial charge in [-0.25, -0.2) is 9.05 Å². The highest BCUT2D eigenvalue weighted by molar-refractivity contribution is 7.58. The fraction of sp³-hybridized carbons (Fsp3) is 1.00. The molecule has 0 saturated carbocycles. The highest BCUT2D eigenvalue weighted by Crippen LogP contribution is 2.54. The zero-order valence-electron chi connectivity index (χ0n) is 6.76. The minimum Gasteiger partial charge on any atom is -0.632 e. The second-order valence-corrected chi connectivity index (χ2v) is 5.68. The molecule has 72 valence electrons. The first-order chi connectivity index (χ1) is 5.54. The molecule has 0 aromatic rings. The van der Waals surface area contributed by atoms with E-state index in [1.165, 1.54) is 6.66 Å². The molecule has 0 spiro atoms. The molecule has 1 aliphatic heterocycles. The maximum atomic E-state index is 11.2. The van der Waals surface area contributed by atoms with Gasteiger partial charge in [-0.05, 0) is 0 Å². The molecular weight excluding hydrogens is 222 g/mol. The summed E-state index contributed by atoms with van der Waals surface area (Å²) >= 11 is 11.4. The number of hydrogen-bond acceptors (Lipinski definition) is 3. The molecule has 1 aliphatic rings. The Morgan fingerprint density at radius 1 is 1.33 bits per heavy atom. The van der Waals surface area contributed by atoms with Gasteiger partial charge in [0.2, 0.25) is 7.94 Å². The molecule has 0 radical (unpaired) electrons. The van der Waals surface area contributed by atoms with E-state index in [-0.39, 0.29) is 5.41 Å². The van der Waals surface area contributed by atoms with E-state index in [0.717, 1.165) is 0 Å². The minimum absolute atomic E-state index is 0.313. The minimum atomic E-state index is -2.81. The first-order valence-electron chi connectivity index (χ1n) is 3.52. The van der Waals surface area contributed by atoms with E-state index in [0.29, 0.717) is 25.0 Å². The molecule has 0 atom stereocenters. The summed E-state index contributed by atoms with van der Waals surface area (Å²) in [7, 11) is -2.81. The Labute approximate surface area is 82.5 Å². The molecule has 1 rings (SSSR count). The van der Waals surface area contributed by atoms with E-state index in [1.54, 1.807) is 0 Å². The molecule has 1 heterocycles. The van der Waals surface area contributed by atoms with Gasteiger partial charge >= 0.3 is 0 Å². The van der Waals surface area contributed by atoms with Crippen LogP contribution in [0.1, 0.15) is 0 Å². The maximum absolute atomic E-state index is 11.2. The highest BCUT2D eigenvalue weighted by Gasteiger charge is 2.42. The molecule has 0 unspecified atom stereocenters. The van der Waals surface area contributed by atoms with Crippen LogP contribution >= 0.6 is 31.1 Å². The quantitative estimate of drug-likeness (QED) is 0.532. The van der Waals surface area contributed by atoms with E-state index in [1.807, 2.05) is 0 Å². The summed E-state index contributed by atoms with van der Waals surface area (Å²) in [4.78, 5) is 11.2. The van der Waals surface area contributed by atoms with Gasteiger partial charge in [-0.15, -0.1) is 23.2 Å². The van der Waals surface area contributed by atoms with Crippen LogP contribution in [0.25, 0.3) is 0 Å². The van der Waals surface area contributed by atoms with Gasteiger partial charge in [0.15, 0.2) is 0 Å². The van der Waals surface area contributed by atoms with Crippen molar-refractivity contribution in [1.29, 1.82) is 0 Å². The molecule has 0 amide bonds. The number of rotatable bonds is 2. The summed E-state index contributed by atoms with van der Waals surface area (Å²) in [5.41, 5.74) is -0.368. The summed E-state index contributed by atoms with van der Waals surface area (Å²) in [6.45, 7) is 2.07. The highest BCUT2D eigenvalue weighted by atomic mass is 35.5. The van der Waals surface area contributed by atoms with Crippen LogP contribution in [-0.4, -0.2) is 31.6 Å². The zero-order chi connectivity index (χ0) is 9.24. The van der Waals surface area contributed by atoms with Crippen LogP contribution in [0.3, 0.4) is 0 Å². The van der Waals surface area contributed by atoms with Crippen molar-refractivity contribution in [2.75, 3.05) is 31.6 Å². The van der Waals surface area contributed by atoms with Crippen molar-refractivity contribution in [3.63, 3.8) is 0 Å². The van der Waals surface area contributed by atoms with Crippen molar-refractivity contribution >= 4 is 31.1 Å². The van der Waals surface area contributed by atoms with Crippen molar-refractivity contribution in [3.8, 4) is 0 Å². The van der Waals surface area contributed by atoms with Crippen LogP contribution < -0.4 is 4.89 Å². The van der Waals surface area contributed by atoms with Gasteiger partial charge in [0, 0.05) is 11.8 Å². The van der Waals surface area contributed by atoms with Crippen molar-refractivity contribution in [3.05, 3.63) is 0 Å². The number of hydrogen-bond donors (Lipinski definition) is 0. The summed E-state index contributed by atoms with van der Waals surface area (Å²) in [6.07, 6.45) is 0. The fourth-order valence-corrected chi connectivity index (χ4v) is 2.46. The average Bonchev–Trinajstić information content (AvgIpc) is 2.06. The summed E-state index contributed by atoms with van der Waals surface area (Å²) in [6, 6.07) is 0. The van der Waals surface area contributed by atoms with Crippen LogP contribution in [0, 0.1) is 5.41 Å². The van der Waals surface area contributed by atoms with Gasteiger partial charge in [0.25, 0.3) is 0 Å². The Kier molecular flexibility index (Phi) is 3.61. The number of halogens is 2.